The second kappa shape index (κ2) is 6.33. The van der Waals surface area contributed by atoms with Gasteiger partial charge in [-0.05, 0) is 24.9 Å². The zero-order chi connectivity index (χ0) is 12.0. The fraction of sp³-hybridized carbons (Fsp3) is 0.750. The molecule has 0 atom stereocenters. The van der Waals surface area contributed by atoms with Crippen LogP contribution in [0.3, 0.4) is 0 Å². The number of hydrogen-bond donors (Lipinski definition) is 1. The Morgan fingerprint density at radius 2 is 2.25 bits per heavy atom. The Kier molecular flexibility index (Phi) is 5.38. The number of nitrogens with zero attached hydrogens (tertiary/aromatic N) is 2. The van der Waals surface area contributed by atoms with Crippen LogP contribution in [-0.4, -0.2) is 29.5 Å². The zero-order valence-electron chi connectivity index (χ0n) is 10.6. The topological polar surface area (TPSA) is 42.2 Å². The summed E-state index contributed by atoms with van der Waals surface area (Å²) in [6.45, 7) is 10.6. The highest BCUT2D eigenvalue weighted by Crippen LogP contribution is 2.18. The van der Waals surface area contributed by atoms with Gasteiger partial charge in [-0.15, -0.1) is 11.3 Å². The maximum Gasteiger partial charge on any atom is 0.0794 e. The van der Waals surface area contributed by atoms with Gasteiger partial charge in [0.2, 0.25) is 0 Å². The van der Waals surface area contributed by atoms with Gasteiger partial charge in [-0.3, -0.25) is 9.88 Å². The van der Waals surface area contributed by atoms with Crippen molar-refractivity contribution in [3.63, 3.8) is 0 Å². The molecule has 1 aromatic rings. The van der Waals surface area contributed by atoms with Crippen LogP contribution in [0.15, 0.2) is 11.7 Å². The van der Waals surface area contributed by atoms with Crippen molar-refractivity contribution in [1.82, 2.24) is 9.88 Å². The summed E-state index contributed by atoms with van der Waals surface area (Å²) >= 11 is 1.73. The first kappa shape index (κ1) is 13.6. The largest absolute Gasteiger partial charge is 0.330 e. The molecule has 1 rings (SSSR count). The molecule has 0 aliphatic rings. The molecule has 1 heterocycles. The molecule has 0 spiro atoms. The standard InChI is InChI=1S/C12H23N3S/c1-4-5-15(9-12(2,3)8-13)7-11-6-14-10-16-11/h6,10H,4-5,7-9,13H2,1-3H3. The first-order valence-corrected chi connectivity index (χ1v) is 6.75. The Hall–Kier alpha value is -0.450. The molecule has 0 aliphatic carbocycles. The molecule has 0 saturated heterocycles. The van der Waals surface area contributed by atoms with E-state index in [4.69, 9.17) is 5.73 Å². The third-order valence-corrected chi connectivity index (χ3v) is 3.37. The number of hydrogen-bond acceptors (Lipinski definition) is 4. The first-order chi connectivity index (χ1) is 7.57. The summed E-state index contributed by atoms with van der Waals surface area (Å²) in [5, 5.41) is 0. The molecule has 1 aromatic heterocycles. The highest BCUT2D eigenvalue weighted by atomic mass is 32.1. The van der Waals surface area contributed by atoms with Crippen molar-refractivity contribution in [3.8, 4) is 0 Å². The fourth-order valence-electron chi connectivity index (χ4n) is 1.74. The van der Waals surface area contributed by atoms with E-state index in [9.17, 15) is 0 Å². The maximum atomic E-state index is 5.79. The van der Waals surface area contributed by atoms with Gasteiger partial charge in [-0.25, -0.2) is 0 Å². The Morgan fingerprint density at radius 3 is 2.75 bits per heavy atom. The molecule has 0 fully saturated rings. The first-order valence-electron chi connectivity index (χ1n) is 5.87. The van der Waals surface area contributed by atoms with Gasteiger partial charge in [0.05, 0.1) is 5.51 Å². The predicted octanol–water partition coefficient (Wildman–Crippen LogP) is 2.34. The van der Waals surface area contributed by atoms with E-state index in [1.165, 1.54) is 11.3 Å². The van der Waals surface area contributed by atoms with Gasteiger partial charge < -0.3 is 5.73 Å². The monoisotopic (exact) mass is 241 g/mol. The lowest BCUT2D eigenvalue weighted by atomic mass is 9.93. The van der Waals surface area contributed by atoms with Gasteiger partial charge in [0.25, 0.3) is 0 Å². The molecule has 0 amide bonds. The summed E-state index contributed by atoms with van der Waals surface area (Å²) in [6, 6.07) is 0. The van der Waals surface area contributed by atoms with Crippen LogP contribution in [0, 0.1) is 5.41 Å². The minimum Gasteiger partial charge on any atom is -0.330 e. The van der Waals surface area contributed by atoms with Crippen LogP contribution in [0.2, 0.25) is 0 Å². The average Bonchev–Trinajstić information content (AvgIpc) is 2.70. The van der Waals surface area contributed by atoms with E-state index in [2.05, 4.69) is 30.7 Å². The molecular weight excluding hydrogens is 218 g/mol. The second-order valence-corrected chi connectivity index (χ2v) is 6.02. The summed E-state index contributed by atoms with van der Waals surface area (Å²) in [4.78, 5) is 7.93. The number of thiazole rings is 1. The van der Waals surface area contributed by atoms with Gasteiger partial charge in [0, 0.05) is 24.2 Å². The van der Waals surface area contributed by atoms with Crippen LogP contribution in [0.5, 0.6) is 0 Å². The minimum atomic E-state index is 0.194. The molecule has 0 aromatic carbocycles. The van der Waals surface area contributed by atoms with E-state index in [1.807, 2.05) is 11.7 Å². The molecule has 16 heavy (non-hydrogen) atoms. The van der Waals surface area contributed by atoms with E-state index in [1.54, 1.807) is 11.3 Å². The summed E-state index contributed by atoms with van der Waals surface area (Å²) < 4.78 is 0. The lowest BCUT2D eigenvalue weighted by Crippen LogP contribution is -2.38. The number of rotatable bonds is 7. The summed E-state index contributed by atoms with van der Waals surface area (Å²) in [7, 11) is 0. The van der Waals surface area contributed by atoms with Gasteiger partial charge in [0.1, 0.15) is 0 Å². The van der Waals surface area contributed by atoms with Crippen molar-refractivity contribution in [2.24, 2.45) is 11.1 Å². The SMILES string of the molecule is CCCN(Cc1cncs1)CC(C)(C)CN. The van der Waals surface area contributed by atoms with E-state index in [-0.39, 0.29) is 5.41 Å². The summed E-state index contributed by atoms with van der Waals surface area (Å²) in [5.74, 6) is 0. The quantitative estimate of drug-likeness (QED) is 0.796. The maximum absolute atomic E-state index is 5.79. The van der Waals surface area contributed by atoms with E-state index in [0.29, 0.717) is 0 Å². The molecule has 0 unspecified atom stereocenters. The summed E-state index contributed by atoms with van der Waals surface area (Å²) in [5.41, 5.74) is 7.88. The predicted molar refractivity (Wildman–Crippen MR) is 70.5 cm³/mol. The van der Waals surface area contributed by atoms with Crippen molar-refractivity contribution in [2.75, 3.05) is 19.6 Å². The zero-order valence-corrected chi connectivity index (χ0v) is 11.4. The van der Waals surface area contributed by atoms with E-state index < -0.39 is 0 Å². The van der Waals surface area contributed by atoms with Gasteiger partial charge in [-0.2, -0.15) is 0 Å². The number of nitrogens with two attached hydrogens (primary N) is 1. The van der Waals surface area contributed by atoms with Gasteiger partial charge in [-0.1, -0.05) is 20.8 Å². The molecule has 0 aliphatic heterocycles. The van der Waals surface area contributed by atoms with Crippen LogP contribution in [-0.2, 0) is 6.54 Å². The molecule has 0 bridgehead atoms. The molecule has 2 N–H and O–H groups in total. The van der Waals surface area contributed by atoms with Gasteiger partial charge in [0.15, 0.2) is 0 Å². The molecule has 3 nitrogen and oxygen atoms in total. The average molecular weight is 241 g/mol. The van der Waals surface area contributed by atoms with Crippen molar-refractivity contribution in [2.45, 2.75) is 33.7 Å². The van der Waals surface area contributed by atoms with Crippen LogP contribution < -0.4 is 5.73 Å². The van der Waals surface area contributed by atoms with Crippen molar-refractivity contribution in [1.29, 1.82) is 0 Å². The van der Waals surface area contributed by atoms with Crippen molar-refractivity contribution in [3.05, 3.63) is 16.6 Å². The Labute approximate surface area is 103 Å². The highest BCUT2D eigenvalue weighted by Gasteiger charge is 2.20. The Balaban J connectivity index is 2.54. The van der Waals surface area contributed by atoms with E-state index in [0.717, 1.165) is 26.2 Å². The highest BCUT2D eigenvalue weighted by molar-refractivity contribution is 7.09. The third-order valence-electron chi connectivity index (χ3n) is 2.61. The van der Waals surface area contributed by atoms with Crippen molar-refractivity contribution < 1.29 is 0 Å². The van der Waals surface area contributed by atoms with E-state index >= 15 is 0 Å². The Morgan fingerprint density at radius 1 is 1.50 bits per heavy atom. The Bertz CT molecular complexity index is 282. The lowest BCUT2D eigenvalue weighted by Gasteiger charge is -2.31. The van der Waals surface area contributed by atoms with Crippen LogP contribution in [0.4, 0.5) is 0 Å². The second-order valence-electron chi connectivity index (χ2n) is 5.05. The summed E-state index contributed by atoms with van der Waals surface area (Å²) in [6.07, 6.45) is 3.14. The third kappa shape index (κ3) is 4.60. The van der Waals surface area contributed by atoms with Crippen LogP contribution in [0.25, 0.3) is 0 Å². The van der Waals surface area contributed by atoms with Crippen molar-refractivity contribution >= 4 is 11.3 Å². The fourth-order valence-corrected chi connectivity index (χ4v) is 2.38. The molecule has 4 heteroatoms. The minimum absolute atomic E-state index is 0.194. The normalized spacial score (nSPS) is 12.3. The molecule has 0 radical (unpaired) electrons. The smallest absolute Gasteiger partial charge is 0.0794 e. The van der Waals surface area contributed by atoms with Crippen LogP contribution in [0.1, 0.15) is 32.1 Å². The number of aromatic nitrogens is 1. The molecule has 92 valence electrons. The lowest BCUT2D eigenvalue weighted by molar-refractivity contribution is 0.177. The van der Waals surface area contributed by atoms with Gasteiger partial charge >= 0.3 is 0 Å². The molecular formula is C12H23N3S. The van der Waals surface area contributed by atoms with Crippen LogP contribution >= 0.6 is 11.3 Å². The molecule has 0 saturated carbocycles.